The predicted octanol–water partition coefficient (Wildman–Crippen LogP) is 2.50. The van der Waals surface area contributed by atoms with E-state index in [1.54, 1.807) is 0 Å². The minimum absolute atomic E-state index is 0.0363. The number of hydrogen-bond acceptors (Lipinski definition) is 5. The molecule has 1 aliphatic heterocycles. The van der Waals surface area contributed by atoms with Crippen molar-refractivity contribution in [2.75, 3.05) is 43.4 Å². The number of piperazine rings is 1. The maximum absolute atomic E-state index is 13.1. The van der Waals surface area contributed by atoms with Crippen molar-refractivity contribution in [3.8, 4) is 0 Å². The Morgan fingerprint density at radius 3 is 2.50 bits per heavy atom. The van der Waals surface area contributed by atoms with Crippen molar-refractivity contribution in [2.45, 2.75) is 6.18 Å². The van der Waals surface area contributed by atoms with Crippen LogP contribution in [0.2, 0.25) is 0 Å². The van der Waals surface area contributed by atoms with Gasteiger partial charge in [0.05, 0.1) is 23.1 Å². The highest BCUT2D eigenvalue weighted by Gasteiger charge is 2.32. The molecule has 1 fully saturated rings. The molecule has 1 saturated heterocycles. The molecule has 2 heterocycles. The van der Waals surface area contributed by atoms with Crippen LogP contribution in [0.3, 0.4) is 0 Å². The lowest BCUT2D eigenvalue weighted by Gasteiger charge is -2.35. The van der Waals surface area contributed by atoms with Gasteiger partial charge in [0.2, 0.25) is 0 Å². The van der Waals surface area contributed by atoms with Crippen molar-refractivity contribution in [1.82, 2.24) is 14.9 Å². The third-order valence-corrected chi connectivity index (χ3v) is 4.21. The third-order valence-electron chi connectivity index (χ3n) is 4.21. The highest BCUT2D eigenvalue weighted by Crippen LogP contribution is 2.36. The van der Waals surface area contributed by atoms with Crippen molar-refractivity contribution in [2.24, 2.45) is 0 Å². The molecule has 0 radical (unpaired) electrons. The first-order chi connectivity index (χ1) is 12.3. The van der Waals surface area contributed by atoms with E-state index in [9.17, 15) is 18.0 Å². The Hall–Kier alpha value is -2.68. The van der Waals surface area contributed by atoms with Gasteiger partial charge in [-0.1, -0.05) is 0 Å². The van der Waals surface area contributed by atoms with Crippen LogP contribution in [0.4, 0.5) is 24.5 Å². The summed E-state index contributed by atoms with van der Waals surface area (Å²) in [6.45, 7) is 2.91. The number of nitrogens with zero attached hydrogens (tertiary/aromatic N) is 4. The molecule has 6 nitrogen and oxygen atoms in total. The van der Waals surface area contributed by atoms with E-state index in [1.807, 2.05) is 11.9 Å². The zero-order chi connectivity index (χ0) is 18.7. The molecule has 1 aromatic heterocycles. The van der Waals surface area contributed by atoms with E-state index in [0.29, 0.717) is 18.8 Å². The number of nitrogens with one attached hydrogen (secondary N) is 1. The Balaban J connectivity index is 1.92. The lowest BCUT2D eigenvalue weighted by atomic mass is 10.1. The molecule has 138 valence electrons. The number of aromatic nitrogens is 2. The quantitative estimate of drug-likeness (QED) is 0.906. The van der Waals surface area contributed by atoms with Crippen LogP contribution in [-0.4, -0.2) is 54.0 Å². The van der Waals surface area contributed by atoms with Crippen molar-refractivity contribution >= 4 is 17.3 Å². The minimum Gasteiger partial charge on any atom is -0.367 e. The summed E-state index contributed by atoms with van der Waals surface area (Å²) < 4.78 is 39.3. The number of alkyl halides is 3. The van der Waals surface area contributed by atoms with Gasteiger partial charge in [-0.3, -0.25) is 9.78 Å². The second-order valence-corrected chi connectivity index (χ2v) is 6.06. The second-order valence-electron chi connectivity index (χ2n) is 6.06. The molecular weight excluding hydrogens is 347 g/mol. The number of likely N-dealkylation sites (N-methyl/N-ethyl adjacent to an activating group) is 1. The lowest BCUT2D eigenvalue weighted by Crippen LogP contribution is -2.44. The van der Waals surface area contributed by atoms with Gasteiger partial charge in [0.15, 0.2) is 0 Å². The van der Waals surface area contributed by atoms with Crippen LogP contribution in [0, 0.1) is 0 Å². The van der Waals surface area contributed by atoms with Crippen LogP contribution in [0.15, 0.2) is 36.8 Å². The van der Waals surface area contributed by atoms with Crippen LogP contribution in [-0.2, 0) is 6.18 Å². The molecule has 1 amide bonds. The first-order valence-electron chi connectivity index (χ1n) is 8.07. The SMILES string of the molecule is CN1CCN(c2ccc(C(F)(F)F)cc2NC(=O)c2cnccn2)CC1. The predicted molar refractivity (Wildman–Crippen MR) is 91.1 cm³/mol. The van der Waals surface area contributed by atoms with E-state index in [-0.39, 0.29) is 11.4 Å². The molecule has 2 aromatic rings. The number of carbonyl (C=O) groups is 1. The highest BCUT2D eigenvalue weighted by molar-refractivity contribution is 6.04. The van der Waals surface area contributed by atoms with E-state index in [4.69, 9.17) is 0 Å². The molecule has 0 saturated carbocycles. The number of rotatable bonds is 3. The summed E-state index contributed by atoms with van der Waals surface area (Å²) in [4.78, 5) is 24.1. The summed E-state index contributed by atoms with van der Waals surface area (Å²) >= 11 is 0. The molecule has 1 N–H and O–H groups in total. The fourth-order valence-electron chi connectivity index (χ4n) is 2.74. The van der Waals surface area contributed by atoms with Crippen LogP contribution >= 0.6 is 0 Å². The van der Waals surface area contributed by atoms with E-state index < -0.39 is 17.6 Å². The molecule has 0 spiro atoms. The molecule has 0 aliphatic carbocycles. The fourth-order valence-corrected chi connectivity index (χ4v) is 2.74. The van der Waals surface area contributed by atoms with Crippen LogP contribution in [0.1, 0.15) is 16.1 Å². The van der Waals surface area contributed by atoms with Crippen LogP contribution < -0.4 is 10.2 Å². The van der Waals surface area contributed by atoms with Gasteiger partial charge in [-0.15, -0.1) is 0 Å². The topological polar surface area (TPSA) is 61.4 Å². The third kappa shape index (κ3) is 4.10. The Labute approximate surface area is 148 Å². The molecule has 3 rings (SSSR count). The summed E-state index contributed by atoms with van der Waals surface area (Å²) in [6.07, 6.45) is -0.468. The Kier molecular flexibility index (Phi) is 5.08. The summed E-state index contributed by atoms with van der Waals surface area (Å²) in [5.41, 5.74) is -0.109. The molecule has 1 aromatic carbocycles. The van der Waals surface area contributed by atoms with Gasteiger partial charge in [0, 0.05) is 38.6 Å². The van der Waals surface area contributed by atoms with E-state index >= 15 is 0 Å². The van der Waals surface area contributed by atoms with Crippen LogP contribution in [0.25, 0.3) is 0 Å². The highest BCUT2D eigenvalue weighted by atomic mass is 19.4. The van der Waals surface area contributed by atoms with Gasteiger partial charge in [-0.2, -0.15) is 13.2 Å². The molecule has 1 aliphatic rings. The monoisotopic (exact) mass is 365 g/mol. The van der Waals surface area contributed by atoms with Gasteiger partial charge in [0.1, 0.15) is 5.69 Å². The smallest absolute Gasteiger partial charge is 0.367 e. The average Bonchev–Trinajstić information content (AvgIpc) is 2.62. The Morgan fingerprint density at radius 1 is 1.15 bits per heavy atom. The molecule has 0 unspecified atom stereocenters. The van der Waals surface area contributed by atoms with Gasteiger partial charge in [-0.05, 0) is 25.2 Å². The zero-order valence-corrected chi connectivity index (χ0v) is 14.1. The summed E-state index contributed by atoms with van der Waals surface area (Å²) in [5.74, 6) is -0.604. The largest absolute Gasteiger partial charge is 0.416 e. The number of benzene rings is 1. The van der Waals surface area contributed by atoms with E-state index in [0.717, 1.165) is 25.2 Å². The standard InChI is InChI=1S/C17H18F3N5O/c1-24-6-8-25(9-7-24)15-3-2-12(17(18,19)20)10-13(15)23-16(26)14-11-21-4-5-22-14/h2-5,10-11H,6-9H2,1H3,(H,23,26). The number of hydrogen-bond donors (Lipinski definition) is 1. The summed E-state index contributed by atoms with van der Waals surface area (Å²) in [7, 11) is 1.99. The lowest BCUT2D eigenvalue weighted by molar-refractivity contribution is -0.137. The van der Waals surface area contributed by atoms with Gasteiger partial charge >= 0.3 is 6.18 Å². The molecule has 26 heavy (non-hydrogen) atoms. The number of halogens is 3. The van der Waals surface area contributed by atoms with Crippen molar-refractivity contribution in [3.05, 3.63) is 48.0 Å². The van der Waals surface area contributed by atoms with Gasteiger partial charge in [-0.25, -0.2) is 4.98 Å². The molecule has 9 heteroatoms. The normalized spacial score (nSPS) is 15.8. The number of amides is 1. The molecule has 0 atom stereocenters. The van der Waals surface area contributed by atoms with Gasteiger partial charge < -0.3 is 15.1 Å². The average molecular weight is 365 g/mol. The Morgan fingerprint density at radius 2 is 1.88 bits per heavy atom. The minimum atomic E-state index is -4.49. The Bertz CT molecular complexity index is 774. The second kappa shape index (κ2) is 7.28. The zero-order valence-electron chi connectivity index (χ0n) is 14.1. The van der Waals surface area contributed by atoms with Gasteiger partial charge in [0.25, 0.3) is 5.91 Å². The first kappa shape index (κ1) is 18.1. The van der Waals surface area contributed by atoms with Crippen LogP contribution in [0.5, 0.6) is 0 Å². The molecule has 0 bridgehead atoms. The maximum atomic E-state index is 13.1. The van der Waals surface area contributed by atoms with E-state index in [2.05, 4.69) is 20.2 Å². The molecular formula is C17H18F3N5O. The number of anilines is 2. The maximum Gasteiger partial charge on any atom is 0.416 e. The number of carbonyl (C=O) groups excluding carboxylic acids is 1. The summed E-state index contributed by atoms with van der Waals surface area (Å²) in [5, 5.41) is 2.55. The van der Waals surface area contributed by atoms with Crippen molar-refractivity contribution < 1.29 is 18.0 Å². The first-order valence-corrected chi connectivity index (χ1v) is 8.07. The summed E-state index contributed by atoms with van der Waals surface area (Å²) in [6, 6.07) is 3.40. The van der Waals surface area contributed by atoms with Crippen molar-refractivity contribution in [1.29, 1.82) is 0 Å². The van der Waals surface area contributed by atoms with Crippen molar-refractivity contribution in [3.63, 3.8) is 0 Å². The fraction of sp³-hybridized carbons (Fsp3) is 0.353. The van der Waals surface area contributed by atoms with E-state index in [1.165, 1.54) is 24.7 Å².